The molecule has 134 valence electrons. The monoisotopic (exact) mass is 360 g/mol. The molecule has 0 spiro atoms. The summed E-state index contributed by atoms with van der Waals surface area (Å²) in [5.41, 5.74) is 4.53. The Morgan fingerprint density at radius 1 is 1.36 bits per heavy atom. The molecule has 1 aliphatic rings. The van der Waals surface area contributed by atoms with Crippen LogP contribution in [-0.2, 0) is 13.1 Å². The summed E-state index contributed by atoms with van der Waals surface area (Å²) in [5, 5.41) is 17.6. The summed E-state index contributed by atoms with van der Waals surface area (Å²) >= 11 is 6.11. The van der Waals surface area contributed by atoms with Gasteiger partial charge in [0.25, 0.3) is 0 Å². The Kier molecular flexibility index (Phi) is 5.63. The topological polar surface area (TPSA) is 53.7 Å². The van der Waals surface area contributed by atoms with E-state index in [9.17, 15) is 0 Å². The van der Waals surface area contributed by atoms with Gasteiger partial charge in [0.05, 0.1) is 17.6 Å². The van der Waals surface area contributed by atoms with Gasteiger partial charge in [-0.1, -0.05) is 22.8 Å². The van der Waals surface area contributed by atoms with Crippen LogP contribution in [0, 0.1) is 6.92 Å². The molecule has 6 heteroatoms. The Morgan fingerprint density at radius 2 is 2.12 bits per heavy atom. The molecule has 1 fully saturated rings. The molecule has 0 saturated heterocycles. The Morgan fingerprint density at radius 3 is 2.72 bits per heavy atom. The molecule has 1 heterocycles. The van der Waals surface area contributed by atoms with Crippen molar-refractivity contribution in [3.63, 3.8) is 0 Å². The number of rotatable bonds is 5. The molecule has 0 atom stereocenters. The molecule has 1 aromatic heterocycles. The van der Waals surface area contributed by atoms with Crippen LogP contribution in [0.3, 0.4) is 0 Å². The summed E-state index contributed by atoms with van der Waals surface area (Å²) in [6.07, 6.45) is 7.73. The number of oxime groups is 1. The molecule has 0 bridgehead atoms. The van der Waals surface area contributed by atoms with Crippen molar-refractivity contribution in [3.05, 3.63) is 46.7 Å². The first-order valence-electron chi connectivity index (χ1n) is 8.84. The average molecular weight is 361 g/mol. The second kappa shape index (κ2) is 7.91. The van der Waals surface area contributed by atoms with Crippen molar-refractivity contribution in [2.75, 3.05) is 4.90 Å². The molecule has 5 nitrogen and oxygen atoms in total. The van der Waals surface area contributed by atoms with Crippen LogP contribution in [0.5, 0.6) is 0 Å². The number of benzene rings is 1. The Bertz CT molecular complexity index is 746. The second-order valence-corrected chi connectivity index (χ2v) is 7.09. The standard InChI is InChI=1S/C19H25ClN4O/c1-3-23-13-19(11-21-23)24(18-8-6-17(22-25)7-9-18)12-15-4-5-16(20)10-14(15)2/h4-5,10-11,13,18,25H,3,6-9,12H2,1-2H3. The van der Waals surface area contributed by atoms with E-state index in [4.69, 9.17) is 16.8 Å². The Balaban J connectivity index is 1.86. The van der Waals surface area contributed by atoms with Gasteiger partial charge in [0.15, 0.2) is 0 Å². The molecule has 1 aliphatic carbocycles. The van der Waals surface area contributed by atoms with Crippen LogP contribution < -0.4 is 4.90 Å². The van der Waals surface area contributed by atoms with Gasteiger partial charge in [0.2, 0.25) is 0 Å². The van der Waals surface area contributed by atoms with Gasteiger partial charge in [0, 0.05) is 30.4 Å². The minimum absolute atomic E-state index is 0.412. The fourth-order valence-corrected chi connectivity index (χ4v) is 3.70. The third-order valence-electron chi connectivity index (χ3n) is 5.04. The molecular formula is C19H25ClN4O. The highest BCUT2D eigenvalue weighted by Crippen LogP contribution is 2.29. The maximum Gasteiger partial charge on any atom is 0.0758 e. The highest BCUT2D eigenvalue weighted by molar-refractivity contribution is 6.30. The first kappa shape index (κ1) is 17.8. The van der Waals surface area contributed by atoms with E-state index in [1.165, 1.54) is 11.1 Å². The molecule has 0 amide bonds. The molecule has 0 unspecified atom stereocenters. The number of anilines is 1. The van der Waals surface area contributed by atoms with Crippen LogP contribution in [0.2, 0.25) is 5.02 Å². The molecule has 0 aliphatic heterocycles. The van der Waals surface area contributed by atoms with Crippen molar-refractivity contribution >= 4 is 23.0 Å². The maximum absolute atomic E-state index is 9.01. The third-order valence-corrected chi connectivity index (χ3v) is 5.27. The van der Waals surface area contributed by atoms with E-state index >= 15 is 0 Å². The van der Waals surface area contributed by atoms with Gasteiger partial charge in [-0.2, -0.15) is 5.10 Å². The van der Waals surface area contributed by atoms with Crippen molar-refractivity contribution in [2.24, 2.45) is 5.16 Å². The second-order valence-electron chi connectivity index (χ2n) is 6.65. The van der Waals surface area contributed by atoms with E-state index in [0.29, 0.717) is 6.04 Å². The van der Waals surface area contributed by atoms with Crippen molar-refractivity contribution in [2.45, 2.75) is 58.7 Å². The van der Waals surface area contributed by atoms with Crippen molar-refractivity contribution in [3.8, 4) is 0 Å². The van der Waals surface area contributed by atoms with Crippen molar-refractivity contribution in [1.82, 2.24) is 9.78 Å². The fourth-order valence-electron chi connectivity index (χ4n) is 3.47. The van der Waals surface area contributed by atoms with Gasteiger partial charge in [-0.3, -0.25) is 4.68 Å². The van der Waals surface area contributed by atoms with Crippen LogP contribution >= 0.6 is 11.6 Å². The number of hydrogen-bond acceptors (Lipinski definition) is 4. The lowest BCUT2D eigenvalue weighted by molar-refractivity contribution is 0.313. The number of aromatic nitrogens is 2. The first-order chi connectivity index (χ1) is 12.1. The quantitative estimate of drug-likeness (QED) is 0.624. The summed E-state index contributed by atoms with van der Waals surface area (Å²) < 4.78 is 1.96. The number of hydrogen-bond donors (Lipinski definition) is 1. The van der Waals surface area contributed by atoms with Crippen LogP contribution in [0.25, 0.3) is 0 Å². The number of aryl methyl sites for hydroxylation is 2. The van der Waals surface area contributed by atoms with Gasteiger partial charge in [-0.25, -0.2) is 0 Å². The zero-order valence-electron chi connectivity index (χ0n) is 14.8. The lowest BCUT2D eigenvalue weighted by atomic mass is 9.92. The van der Waals surface area contributed by atoms with E-state index in [2.05, 4.69) is 41.3 Å². The molecule has 1 saturated carbocycles. The normalized spacial score (nSPS) is 17.6. The van der Waals surface area contributed by atoms with Crippen molar-refractivity contribution in [1.29, 1.82) is 0 Å². The van der Waals surface area contributed by atoms with E-state index in [1.807, 2.05) is 23.0 Å². The summed E-state index contributed by atoms with van der Waals surface area (Å²) in [5.74, 6) is 0. The predicted molar refractivity (Wildman–Crippen MR) is 102 cm³/mol. The summed E-state index contributed by atoms with van der Waals surface area (Å²) in [6, 6.07) is 6.49. The smallest absolute Gasteiger partial charge is 0.0758 e. The van der Waals surface area contributed by atoms with Crippen LogP contribution in [-0.4, -0.2) is 26.7 Å². The van der Waals surface area contributed by atoms with Crippen LogP contribution in [0.4, 0.5) is 5.69 Å². The highest BCUT2D eigenvalue weighted by atomic mass is 35.5. The molecule has 3 rings (SSSR count). The van der Waals surface area contributed by atoms with E-state index in [1.54, 1.807) is 0 Å². The predicted octanol–water partition coefficient (Wildman–Crippen LogP) is 4.64. The van der Waals surface area contributed by atoms with E-state index in [0.717, 1.165) is 55.2 Å². The largest absolute Gasteiger partial charge is 0.411 e. The molecule has 2 aromatic rings. The van der Waals surface area contributed by atoms with Gasteiger partial charge in [-0.05, 0) is 62.8 Å². The van der Waals surface area contributed by atoms with Gasteiger partial charge >= 0.3 is 0 Å². The maximum atomic E-state index is 9.01. The van der Waals surface area contributed by atoms with Gasteiger partial charge < -0.3 is 10.1 Å². The van der Waals surface area contributed by atoms with E-state index in [-0.39, 0.29) is 0 Å². The van der Waals surface area contributed by atoms with Gasteiger partial charge in [0.1, 0.15) is 0 Å². The fraction of sp³-hybridized carbons (Fsp3) is 0.474. The zero-order valence-corrected chi connectivity index (χ0v) is 15.6. The minimum Gasteiger partial charge on any atom is -0.411 e. The SMILES string of the molecule is CCn1cc(N(Cc2ccc(Cl)cc2C)C2CCC(=NO)CC2)cn1. The summed E-state index contributed by atoms with van der Waals surface area (Å²) in [7, 11) is 0. The van der Waals surface area contributed by atoms with Gasteiger partial charge in [-0.15, -0.1) is 0 Å². The molecule has 1 aromatic carbocycles. The minimum atomic E-state index is 0.412. The van der Waals surface area contributed by atoms with Crippen LogP contribution in [0.15, 0.2) is 35.7 Å². The lowest BCUT2D eigenvalue weighted by Gasteiger charge is -2.35. The first-order valence-corrected chi connectivity index (χ1v) is 9.22. The van der Waals surface area contributed by atoms with Crippen molar-refractivity contribution < 1.29 is 5.21 Å². The molecule has 25 heavy (non-hydrogen) atoms. The average Bonchev–Trinajstić information content (AvgIpc) is 3.10. The summed E-state index contributed by atoms with van der Waals surface area (Å²) in [4.78, 5) is 2.43. The number of nitrogens with zero attached hydrogens (tertiary/aromatic N) is 4. The molecule has 0 radical (unpaired) electrons. The number of halogens is 1. The molecular weight excluding hydrogens is 336 g/mol. The molecule has 1 N–H and O–H groups in total. The zero-order chi connectivity index (χ0) is 17.8. The van der Waals surface area contributed by atoms with E-state index < -0.39 is 0 Å². The summed E-state index contributed by atoms with van der Waals surface area (Å²) in [6.45, 7) is 5.88. The third kappa shape index (κ3) is 4.15. The lowest BCUT2D eigenvalue weighted by Crippen LogP contribution is -2.38. The van der Waals surface area contributed by atoms with Crippen LogP contribution in [0.1, 0.15) is 43.7 Å². The Labute approximate surface area is 153 Å². The Hall–Kier alpha value is -2.01. The highest BCUT2D eigenvalue weighted by Gasteiger charge is 2.25.